The molecule has 1 aliphatic rings. The minimum Gasteiger partial charge on any atom is -0.507 e. The summed E-state index contributed by atoms with van der Waals surface area (Å²) in [6.45, 7) is 5.57. The van der Waals surface area contributed by atoms with Gasteiger partial charge in [-0.25, -0.2) is 14.2 Å². The predicted octanol–water partition coefficient (Wildman–Crippen LogP) is 6.02. The number of phenolic OH excluding ortho intramolecular Hbond substituents is 1. The van der Waals surface area contributed by atoms with Crippen LogP contribution in [0.4, 0.5) is 9.18 Å². The summed E-state index contributed by atoms with van der Waals surface area (Å²) >= 11 is 0. The van der Waals surface area contributed by atoms with E-state index in [0.717, 1.165) is 12.3 Å². The normalized spacial score (nSPS) is 17.1. The molecule has 1 saturated carbocycles. The third-order valence-corrected chi connectivity index (χ3v) is 6.92. The first-order valence-electron chi connectivity index (χ1n) is 13.0. The summed E-state index contributed by atoms with van der Waals surface area (Å²) < 4.78 is 20.0. The highest BCUT2D eigenvalue weighted by Crippen LogP contribution is 2.32. The van der Waals surface area contributed by atoms with E-state index >= 15 is 0 Å². The summed E-state index contributed by atoms with van der Waals surface area (Å²) in [6, 6.07) is 12.2. The van der Waals surface area contributed by atoms with Gasteiger partial charge in [-0.15, -0.1) is 0 Å². The fraction of sp³-hybridized carbons (Fsp3) is 0.333. The monoisotopic (exact) mass is 549 g/mol. The molecule has 0 radical (unpaired) electrons. The van der Waals surface area contributed by atoms with E-state index in [4.69, 9.17) is 4.74 Å². The molecule has 0 aliphatic heterocycles. The zero-order valence-electron chi connectivity index (χ0n) is 22.6. The minimum absolute atomic E-state index is 0.0674. The lowest BCUT2D eigenvalue weighted by atomic mass is 9.88. The molecule has 3 N–H and O–H groups in total. The second-order valence-corrected chi connectivity index (χ2v) is 10.8. The van der Waals surface area contributed by atoms with Gasteiger partial charge < -0.3 is 25.2 Å². The fourth-order valence-electron chi connectivity index (χ4n) is 5.08. The maximum Gasteiger partial charge on any atom is 0.407 e. The van der Waals surface area contributed by atoms with E-state index in [2.05, 4.69) is 10.3 Å². The van der Waals surface area contributed by atoms with Gasteiger partial charge in [0.05, 0.1) is 11.8 Å². The highest BCUT2D eigenvalue weighted by atomic mass is 19.1. The van der Waals surface area contributed by atoms with Crippen molar-refractivity contribution in [3.63, 3.8) is 0 Å². The van der Waals surface area contributed by atoms with Crippen molar-refractivity contribution in [3.8, 4) is 28.5 Å². The Bertz CT molecular complexity index is 1410. The van der Waals surface area contributed by atoms with Gasteiger partial charge in [-0.3, -0.25) is 9.59 Å². The van der Waals surface area contributed by atoms with Gasteiger partial charge in [-0.2, -0.15) is 0 Å². The predicted molar refractivity (Wildman–Crippen MR) is 146 cm³/mol. The zero-order valence-corrected chi connectivity index (χ0v) is 22.6. The number of hydrogen-bond donors (Lipinski definition) is 3. The Kier molecular flexibility index (Phi) is 8.37. The van der Waals surface area contributed by atoms with Crippen molar-refractivity contribution < 1.29 is 33.7 Å². The van der Waals surface area contributed by atoms with Gasteiger partial charge in [0, 0.05) is 17.6 Å². The molecule has 10 heteroatoms. The SMILES string of the molecule is CC(C)(C)N(C(=O)O)C1CCC(NC(=O)c2cc(F)cnc2Oc2cccc(-c3ccc(O)c(C=O)c3)c2)CC1. The minimum atomic E-state index is -0.966. The quantitative estimate of drug-likeness (QED) is 0.308. The molecule has 1 aromatic heterocycles. The second kappa shape index (κ2) is 11.7. The summed E-state index contributed by atoms with van der Waals surface area (Å²) in [5.74, 6) is -1.10. The van der Waals surface area contributed by atoms with Crippen LogP contribution in [0.1, 0.15) is 67.2 Å². The van der Waals surface area contributed by atoms with E-state index in [0.29, 0.717) is 48.8 Å². The van der Waals surface area contributed by atoms with Crippen LogP contribution in [0.25, 0.3) is 11.1 Å². The number of nitrogens with one attached hydrogen (secondary N) is 1. The highest BCUT2D eigenvalue weighted by Gasteiger charge is 2.36. The topological polar surface area (TPSA) is 129 Å². The Morgan fingerprint density at radius 3 is 2.42 bits per heavy atom. The number of hydrogen-bond acceptors (Lipinski definition) is 6. The van der Waals surface area contributed by atoms with E-state index in [1.165, 1.54) is 11.0 Å². The van der Waals surface area contributed by atoms with Crippen LogP contribution in [0.5, 0.6) is 17.4 Å². The lowest BCUT2D eigenvalue weighted by Crippen LogP contribution is -2.53. The number of ether oxygens (including phenoxy) is 1. The third-order valence-electron chi connectivity index (χ3n) is 6.92. The Balaban J connectivity index is 1.48. The molecular formula is C30H32FN3O6. The first kappa shape index (κ1) is 28.5. The number of benzene rings is 2. The van der Waals surface area contributed by atoms with Gasteiger partial charge in [0.1, 0.15) is 22.9 Å². The Labute approximate surface area is 231 Å². The Morgan fingerprint density at radius 1 is 1.07 bits per heavy atom. The molecule has 2 amide bonds. The molecule has 9 nitrogen and oxygen atoms in total. The van der Waals surface area contributed by atoms with Crippen molar-refractivity contribution in [1.82, 2.24) is 15.2 Å². The lowest BCUT2D eigenvalue weighted by Gasteiger charge is -2.42. The molecule has 0 atom stereocenters. The number of carboxylic acid groups (broad SMARTS) is 1. The van der Waals surface area contributed by atoms with Crippen molar-refractivity contribution in [3.05, 3.63) is 71.7 Å². The molecule has 210 valence electrons. The van der Waals surface area contributed by atoms with Crippen LogP contribution in [0.3, 0.4) is 0 Å². The van der Waals surface area contributed by atoms with Crippen molar-refractivity contribution >= 4 is 18.3 Å². The molecule has 0 saturated heterocycles. The molecule has 3 aromatic rings. The van der Waals surface area contributed by atoms with Gasteiger partial charge in [-0.1, -0.05) is 18.2 Å². The molecule has 2 aromatic carbocycles. The van der Waals surface area contributed by atoms with Gasteiger partial charge >= 0.3 is 6.09 Å². The van der Waals surface area contributed by atoms with Crippen molar-refractivity contribution in [2.75, 3.05) is 0 Å². The standard InChI is InChI=1S/C30H32FN3O6/c1-30(2,3)34(29(38)39)23-10-8-22(9-11-23)33-27(37)25-15-21(31)16-32-28(25)40-24-6-4-5-18(14-24)19-7-12-26(36)20(13-19)17-35/h4-7,12-17,22-23,36H,8-11H2,1-3H3,(H,33,37)(H,38,39). The van der Waals surface area contributed by atoms with Gasteiger partial charge in [0.15, 0.2) is 6.29 Å². The Hall–Kier alpha value is -4.47. The number of aromatic hydroxyl groups is 1. The van der Waals surface area contributed by atoms with E-state index in [9.17, 15) is 29.0 Å². The van der Waals surface area contributed by atoms with Crippen LogP contribution in [-0.4, -0.2) is 56.0 Å². The smallest absolute Gasteiger partial charge is 0.407 e. The van der Waals surface area contributed by atoms with Gasteiger partial charge in [-0.05, 0) is 87.9 Å². The number of phenols is 1. The molecule has 1 heterocycles. The third kappa shape index (κ3) is 6.56. The first-order valence-corrected chi connectivity index (χ1v) is 13.0. The number of aldehydes is 1. The average Bonchev–Trinajstić information content (AvgIpc) is 2.90. The van der Waals surface area contributed by atoms with Crippen molar-refractivity contribution in [2.24, 2.45) is 0 Å². The maximum atomic E-state index is 14.1. The Morgan fingerprint density at radius 2 is 1.77 bits per heavy atom. The number of rotatable bonds is 7. The molecule has 1 fully saturated rings. The largest absolute Gasteiger partial charge is 0.507 e. The summed E-state index contributed by atoms with van der Waals surface area (Å²) in [5.41, 5.74) is 0.894. The molecule has 0 spiro atoms. The number of aromatic nitrogens is 1. The number of halogens is 1. The molecule has 0 unspecified atom stereocenters. The molecule has 40 heavy (non-hydrogen) atoms. The second-order valence-electron chi connectivity index (χ2n) is 10.8. The average molecular weight is 550 g/mol. The summed E-state index contributed by atoms with van der Waals surface area (Å²) in [5, 5.41) is 22.4. The van der Waals surface area contributed by atoms with Crippen LogP contribution >= 0.6 is 0 Å². The number of carbonyl (C=O) groups is 3. The van der Waals surface area contributed by atoms with E-state index in [1.54, 1.807) is 36.4 Å². The number of carbonyl (C=O) groups excluding carboxylic acids is 2. The highest BCUT2D eigenvalue weighted by molar-refractivity contribution is 5.96. The summed E-state index contributed by atoms with van der Waals surface area (Å²) in [6.07, 6.45) is 2.89. The summed E-state index contributed by atoms with van der Waals surface area (Å²) in [4.78, 5) is 41.7. The lowest BCUT2D eigenvalue weighted by molar-refractivity contribution is 0.0519. The number of nitrogens with zero attached hydrogens (tertiary/aromatic N) is 2. The van der Waals surface area contributed by atoms with Crippen LogP contribution in [0, 0.1) is 5.82 Å². The van der Waals surface area contributed by atoms with Crippen LogP contribution in [-0.2, 0) is 0 Å². The number of pyridine rings is 1. The van der Waals surface area contributed by atoms with E-state index in [1.807, 2.05) is 20.8 Å². The van der Waals surface area contributed by atoms with E-state index < -0.39 is 23.4 Å². The number of amides is 2. The molecule has 4 rings (SSSR count). The fourth-order valence-corrected chi connectivity index (χ4v) is 5.08. The van der Waals surface area contributed by atoms with Crippen molar-refractivity contribution in [2.45, 2.75) is 64.1 Å². The van der Waals surface area contributed by atoms with Gasteiger partial charge in [0.25, 0.3) is 5.91 Å². The first-order chi connectivity index (χ1) is 19.0. The van der Waals surface area contributed by atoms with Crippen LogP contribution < -0.4 is 10.1 Å². The van der Waals surface area contributed by atoms with Gasteiger partial charge in [0.2, 0.25) is 5.88 Å². The molecule has 1 aliphatic carbocycles. The summed E-state index contributed by atoms with van der Waals surface area (Å²) in [7, 11) is 0. The van der Waals surface area contributed by atoms with Crippen LogP contribution in [0.2, 0.25) is 0 Å². The van der Waals surface area contributed by atoms with Crippen molar-refractivity contribution in [1.29, 1.82) is 0 Å². The van der Waals surface area contributed by atoms with E-state index in [-0.39, 0.29) is 34.8 Å². The van der Waals surface area contributed by atoms with Crippen LogP contribution in [0.15, 0.2) is 54.7 Å². The maximum absolute atomic E-state index is 14.1. The zero-order chi connectivity index (χ0) is 29.0. The molecule has 0 bridgehead atoms. The molecular weight excluding hydrogens is 517 g/mol.